The van der Waals surface area contributed by atoms with Gasteiger partial charge in [0, 0.05) is 12.5 Å². The van der Waals surface area contributed by atoms with Gasteiger partial charge < -0.3 is 19.3 Å². The van der Waals surface area contributed by atoms with Crippen LogP contribution in [0.2, 0.25) is 0 Å². The first-order valence-electron chi connectivity index (χ1n) is 6.54. The lowest BCUT2D eigenvalue weighted by Crippen LogP contribution is -2.12. The number of nitrogens with zero attached hydrogens (tertiary/aromatic N) is 1. The van der Waals surface area contributed by atoms with Gasteiger partial charge in [0.1, 0.15) is 12.2 Å². The minimum atomic E-state index is -1.04. The monoisotopic (exact) mass is 291 g/mol. The summed E-state index contributed by atoms with van der Waals surface area (Å²) in [6, 6.07) is 7.06. The molecule has 0 unspecified atom stereocenters. The molecule has 1 aromatic carbocycles. The van der Waals surface area contributed by atoms with Crippen LogP contribution in [0.4, 0.5) is 0 Å². The number of hydrogen-bond donors (Lipinski definition) is 1. The van der Waals surface area contributed by atoms with Crippen molar-refractivity contribution in [3.63, 3.8) is 0 Å². The maximum atomic E-state index is 11.5. The summed E-state index contributed by atoms with van der Waals surface area (Å²) >= 11 is 0. The molecule has 0 aliphatic carbocycles. The van der Waals surface area contributed by atoms with Crippen LogP contribution in [0, 0.1) is 0 Å². The fraction of sp³-hybridized carbons (Fsp3) is 0.333. The zero-order valence-corrected chi connectivity index (χ0v) is 11.7. The molecule has 0 aliphatic heterocycles. The van der Waals surface area contributed by atoms with Gasteiger partial charge in [-0.1, -0.05) is 18.2 Å². The number of carboxylic acid groups (broad SMARTS) is 1. The van der Waals surface area contributed by atoms with Crippen molar-refractivity contribution in [2.45, 2.75) is 0 Å². The summed E-state index contributed by atoms with van der Waals surface area (Å²) < 4.78 is 15.6. The van der Waals surface area contributed by atoms with Crippen molar-refractivity contribution < 1.29 is 24.1 Å². The van der Waals surface area contributed by atoms with Crippen LogP contribution in [0.3, 0.4) is 0 Å². The molecule has 0 saturated heterocycles. The van der Waals surface area contributed by atoms with Gasteiger partial charge in [-0.3, -0.25) is 4.98 Å². The molecule has 0 saturated carbocycles. The molecule has 1 heterocycles. The molecular weight excluding hydrogens is 274 g/mol. The molecule has 0 amide bonds. The Morgan fingerprint density at radius 2 is 1.95 bits per heavy atom. The van der Waals surface area contributed by atoms with Crippen molar-refractivity contribution in [2.75, 3.05) is 33.5 Å². The number of aromatic nitrogens is 1. The Morgan fingerprint density at radius 3 is 2.71 bits per heavy atom. The van der Waals surface area contributed by atoms with E-state index in [1.165, 1.54) is 6.20 Å². The molecule has 0 atom stereocenters. The Kier molecular flexibility index (Phi) is 5.48. The lowest BCUT2D eigenvalue weighted by Gasteiger charge is -2.11. The van der Waals surface area contributed by atoms with E-state index in [2.05, 4.69) is 4.98 Å². The largest absolute Gasteiger partial charge is 0.489 e. The molecule has 2 aromatic rings. The van der Waals surface area contributed by atoms with Crippen molar-refractivity contribution in [1.82, 2.24) is 4.98 Å². The minimum absolute atomic E-state index is 0.123. The summed E-state index contributed by atoms with van der Waals surface area (Å²) in [6.45, 7) is 1.60. The summed E-state index contributed by atoms with van der Waals surface area (Å²) in [5, 5.41) is 9.94. The van der Waals surface area contributed by atoms with Crippen LogP contribution in [0.1, 0.15) is 10.4 Å². The van der Waals surface area contributed by atoms with Crippen LogP contribution < -0.4 is 4.74 Å². The maximum Gasteiger partial charge on any atom is 0.340 e. The smallest absolute Gasteiger partial charge is 0.340 e. The standard InChI is InChI=1S/C15H17NO5/c1-19-6-7-20-8-9-21-13-10-16-12-5-3-2-4-11(12)14(13)15(17)18/h2-5,10H,6-9H2,1H3,(H,17,18). The molecule has 6 nitrogen and oxygen atoms in total. The van der Waals surface area contributed by atoms with Gasteiger partial charge in [0.2, 0.25) is 0 Å². The van der Waals surface area contributed by atoms with Gasteiger partial charge in [-0.15, -0.1) is 0 Å². The summed E-state index contributed by atoms with van der Waals surface area (Å²) in [6.07, 6.45) is 1.43. The van der Waals surface area contributed by atoms with Crippen LogP contribution in [0.25, 0.3) is 10.9 Å². The highest BCUT2D eigenvalue weighted by Crippen LogP contribution is 2.26. The molecular formula is C15H17NO5. The van der Waals surface area contributed by atoms with Gasteiger partial charge in [-0.25, -0.2) is 4.79 Å². The number of ether oxygens (including phenoxy) is 3. The number of aromatic carboxylic acids is 1. The molecule has 21 heavy (non-hydrogen) atoms. The maximum absolute atomic E-state index is 11.5. The Balaban J connectivity index is 2.09. The van der Waals surface area contributed by atoms with Gasteiger partial charge in [-0.2, -0.15) is 0 Å². The number of hydrogen-bond acceptors (Lipinski definition) is 5. The second-order valence-electron chi connectivity index (χ2n) is 4.27. The topological polar surface area (TPSA) is 77.9 Å². The number of methoxy groups -OCH3 is 1. The molecule has 0 bridgehead atoms. The summed E-state index contributed by atoms with van der Waals surface area (Å²) in [7, 11) is 1.60. The van der Waals surface area contributed by atoms with E-state index in [-0.39, 0.29) is 17.9 Å². The van der Waals surface area contributed by atoms with E-state index < -0.39 is 5.97 Å². The van der Waals surface area contributed by atoms with Crippen LogP contribution in [0.15, 0.2) is 30.5 Å². The van der Waals surface area contributed by atoms with E-state index >= 15 is 0 Å². The zero-order valence-electron chi connectivity index (χ0n) is 11.7. The van der Waals surface area contributed by atoms with E-state index in [1.54, 1.807) is 25.3 Å². The molecule has 2 rings (SSSR count). The second kappa shape index (κ2) is 7.56. The molecule has 112 valence electrons. The summed E-state index contributed by atoms with van der Waals surface area (Å²) in [5.74, 6) is -0.791. The van der Waals surface area contributed by atoms with Crippen LogP contribution >= 0.6 is 0 Å². The SMILES string of the molecule is COCCOCCOc1cnc2ccccc2c1C(=O)O. The van der Waals surface area contributed by atoms with Gasteiger partial charge in [0.15, 0.2) is 5.75 Å². The number of para-hydroxylation sites is 1. The van der Waals surface area contributed by atoms with Gasteiger partial charge in [-0.05, 0) is 6.07 Å². The third-order valence-corrected chi connectivity index (χ3v) is 2.87. The first kappa shape index (κ1) is 15.2. The number of rotatable bonds is 8. The van der Waals surface area contributed by atoms with Crippen molar-refractivity contribution in [1.29, 1.82) is 0 Å². The molecule has 0 fully saturated rings. The zero-order chi connectivity index (χ0) is 15.1. The van der Waals surface area contributed by atoms with E-state index in [0.717, 1.165) is 0 Å². The Labute approximate surface area is 122 Å². The fourth-order valence-electron chi connectivity index (χ4n) is 1.91. The Hall–Kier alpha value is -2.18. The van der Waals surface area contributed by atoms with Crippen LogP contribution in [0.5, 0.6) is 5.75 Å². The molecule has 0 aliphatic rings. The van der Waals surface area contributed by atoms with E-state index in [4.69, 9.17) is 14.2 Å². The first-order chi connectivity index (χ1) is 10.2. The molecule has 0 spiro atoms. The lowest BCUT2D eigenvalue weighted by molar-refractivity contribution is 0.0535. The lowest BCUT2D eigenvalue weighted by atomic mass is 10.1. The highest BCUT2D eigenvalue weighted by atomic mass is 16.5. The second-order valence-corrected chi connectivity index (χ2v) is 4.27. The average molecular weight is 291 g/mol. The minimum Gasteiger partial charge on any atom is -0.489 e. The first-order valence-corrected chi connectivity index (χ1v) is 6.54. The van der Waals surface area contributed by atoms with Crippen molar-refractivity contribution in [2.24, 2.45) is 0 Å². The van der Waals surface area contributed by atoms with E-state index in [1.807, 2.05) is 6.07 Å². The normalized spacial score (nSPS) is 10.7. The summed E-state index contributed by atoms with van der Waals surface area (Å²) in [5.41, 5.74) is 0.746. The van der Waals surface area contributed by atoms with Gasteiger partial charge in [0.25, 0.3) is 0 Å². The quantitative estimate of drug-likeness (QED) is 0.749. The van der Waals surface area contributed by atoms with Crippen molar-refractivity contribution in [3.8, 4) is 5.75 Å². The third kappa shape index (κ3) is 3.90. The van der Waals surface area contributed by atoms with E-state index in [0.29, 0.717) is 30.7 Å². The van der Waals surface area contributed by atoms with Crippen LogP contribution in [-0.4, -0.2) is 49.6 Å². The average Bonchev–Trinajstić information content (AvgIpc) is 2.50. The fourth-order valence-corrected chi connectivity index (χ4v) is 1.91. The Bertz CT molecular complexity index is 614. The molecule has 1 aromatic heterocycles. The Morgan fingerprint density at radius 1 is 1.19 bits per heavy atom. The summed E-state index contributed by atoms with van der Waals surface area (Å²) in [4.78, 5) is 15.7. The van der Waals surface area contributed by atoms with Crippen molar-refractivity contribution in [3.05, 3.63) is 36.0 Å². The van der Waals surface area contributed by atoms with Crippen molar-refractivity contribution >= 4 is 16.9 Å². The highest BCUT2D eigenvalue weighted by molar-refractivity contribution is 6.04. The predicted octanol–water partition coefficient (Wildman–Crippen LogP) is 1.97. The number of carboxylic acids is 1. The molecule has 6 heteroatoms. The molecule has 0 radical (unpaired) electrons. The van der Waals surface area contributed by atoms with Crippen LogP contribution in [-0.2, 0) is 9.47 Å². The number of fused-ring (bicyclic) bond motifs is 1. The highest BCUT2D eigenvalue weighted by Gasteiger charge is 2.16. The predicted molar refractivity (Wildman–Crippen MR) is 76.9 cm³/mol. The third-order valence-electron chi connectivity index (χ3n) is 2.87. The van der Waals surface area contributed by atoms with Gasteiger partial charge in [0.05, 0.1) is 31.5 Å². The molecule has 1 N–H and O–H groups in total. The number of benzene rings is 1. The number of carbonyl (C=O) groups is 1. The van der Waals surface area contributed by atoms with Gasteiger partial charge >= 0.3 is 5.97 Å². The number of pyridine rings is 1. The van der Waals surface area contributed by atoms with E-state index in [9.17, 15) is 9.90 Å².